The van der Waals surface area contributed by atoms with Crippen molar-refractivity contribution in [2.75, 3.05) is 5.75 Å². The van der Waals surface area contributed by atoms with Gasteiger partial charge in [-0.15, -0.1) is 11.8 Å². The fourth-order valence-corrected chi connectivity index (χ4v) is 2.19. The Morgan fingerprint density at radius 1 is 1.29 bits per heavy atom. The molecule has 0 amide bonds. The second-order valence-corrected chi connectivity index (χ2v) is 4.82. The maximum Gasteiger partial charge on any atom is 0.0132 e. The predicted molar refractivity (Wildman–Crippen MR) is 64.9 cm³/mol. The minimum Gasteiger partial charge on any atom is -0.327 e. The average Bonchev–Trinajstić information content (AvgIpc) is 2.19. The molecule has 78 valence electrons. The summed E-state index contributed by atoms with van der Waals surface area (Å²) in [7, 11) is 0. The second-order valence-electron chi connectivity index (χ2n) is 3.73. The summed E-state index contributed by atoms with van der Waals surface area (Å²) in [6, 6.07) is 6.91. The minimum absolute atomic E-state index is 0.321. The number of rotatable bonds is 4. The third kappa shape index (κ3) is 3.35. The molecule has 1 aromatic carbocycles. The van der Waals surface area contributed by atoms with Crippen molar-refractivity contribution >= 4 is 11.8 Å². The van der Waals surface area contributed by atoms with Crippen LogP contribution in [0.3, 0.4) is 0 Å². The number of thioether (sulfide) groups is 1. The van der Waals surface area contributed by atoms with E-state index in [0.29, 0.717) is 6.04 Å². The maximum atomic E-state index is 5.87. The van der Waals surface area contributed by atoms with Gasteiger partial charge >= 0.3 is 0 Å². The quantitative estimate of drug-likeness (QED) is 0.771. The summed E-state index contributed by atoms with van der Waals surface area (Å²) >= 11 is 1.85. The van der Waals surface area contributed by atoms with Gasteiger partial charge in [0.15, 0.2) is 0 Å². The van der Waals surface area contributed by atoms with Crippen molar-refractivity contribution in [1.29, 1.82) is 0 Å². The summed E-state index contributed by atoms with van der Waals surface area (Å²) in [6.45, 7) is 6.42. The summed E-state index contributed by atoms with van der Waals surface area (Å²) in [5, 5.41) is 0. The Morgan fingerprint density at radius 3 is 2.57 bits per heavy atom. The molecular formula is C12H19NS. The van der Waals surface area contributed by atoms with Crippen LogP contribution in [0.5, 0.6) is 0 Å². The molecule has 1 atom stereocenters. The lowest BCUT2D eigenvalue weighted by Gasteiger charge is -2.09. The van der Waals surface area contributed by atoms with Gasteiger partial charge in [0.1, 0.15) is 0 Å². The molecule has 0 fully saturated rings. The summed E-state index contributed by atoms with van der Waals surface area (Å²) in [4.78, 5) is 1.33. The highest BCUT2D eigenvalue weighted by molar-refractivity contribution is 7.99. The van der Waals surface area contributed by atoms with Gasteiger partial charge < -0.3 is 5.73 Å². The number of hydrogen-bond acceptors (Lipinski definition) is 2. The molecule has 1 aromatic rings. The van der Waals surface area contributed by atoms with E-state index >= 15 is 0 Å². The topological polar surface area (TPSA) is 26.0 Å². The zero-order valence-electron chi connectivity index (χ0n) is 9.21. The van der Waals surface area contributed by atoms with Crippen LogP contribution in [0, 0.1) is 13.8 Å². The zero-order chi connectivity index (χ0) is 10.6. The van der Waals surface area contributed by atoms with Crippen LogP contribution >= 0.6 is 11.8 Å². The monoisotopic (exact) mass is 209 g/mol. The van der Waals surface area contributed by atoms with Crippen molar-refractivity contribution in [1.82, 2.24) is 0 Å². The van der Waals surface area contributed by atoms with Crippen molar-refractivity contribution < 1.29 is 0 Å². The van der Waals surface area contributed by atoms with Gasteiger partial charge in [0, 0.05) is 16.7 Å². The van der Waals surface area contributed by atoms with Crippen molar-refractivity contribution in [2.24, 2.45) is 5.73 Å². The van der Waals surface area contributed by atoms with Gasteiger partial charge in [-0.05, 0) is 43.5 Å². The third-order valence-corrected chi connectivity index (χ3v) is 3.65. The number of aryl methyl sites for hydroxylation is 2. The molecule has 0 saturated heterocycles. The van der Waals surface area contributed by atoms with E-state index in [4.69, 9.17) is 5.73 Å². The molecule has 0 aliphatic rings. The van der Waals surface area contributed by atoms with Crippen LogP contribution in [0.2, 0.25) is 0 Å². The average molecular weight is 209 g/mol. The van der Waals surface area contributed by atoms with E-state index < -0.39 is 0 Å². The standard InChI is InChI=1S/C12H19NS/c1-4-11(13)8-14-12-6-5-9(2)10(3)7-12/h5-7,11H,4,8,13H2,1-3H3/t11-/m0/s1. The predicted octanol–water partition coefficient (Wildman–Crippen LogP) is 3.13. The highest BCUT2D eigenvalue weighted by atomic mass is 32.2. The molecule has 1 rings (SSSR count). The molecule has 0 bridgehead atoms. The van der Waals surface area contributed by atoms with Gasteiger partial charge in [-0.2, -0.15) is 0 Å². The van der Waals surface area contributed by atoms with Crippen molar-refractivity contribution in [3.63, 3.8) is 0 Å². The van der Waals surface area contributed by atoms with Crippen LogP contribution in [-0.4, -0.2) is 11.8 Å². The second kappa shape index (κ2) is 5.42. The minimum atomic E-state index is 0.321. The summed E-state index contributed by atoms with van der Waals surface area (Å²) in [6.07, 6.45) is 1.05. The molecular weight excluding hydrogens is 190 g/mol. The van der Waals surface area contributed by atoms with E-state index in [1.54, 1.807) is 0 Å². The highest BCUT2D eigenvalue weighted by Gasteiger charge is 2.01. The van der Waals surface area contributed by atoms with E-state index in [-0.39, 0.29) is 0 Å². The van der Waals surface area contributed by atoms with E-state index in [2.05, 4.69) is 39.0 Å². The number of nitrogens with two attached hydrogens (primary N) is 1. The van der Waals surface area contributed by atoms with Crippen molar-refractivity contribution in [3.8, 4) is 0 Å². The molecule has 0 saturated carbocycles. The first-order chi connectivity index (χ1) is 6.63. The third-order valence-electron chi connectivity index (χ3n) is 2.47. The molecule has 0 radical (unpaired) electrons. The van der Waals surface area contributed by atoms with Gasteiger partial charge in [-0.3, -0.25) is 0 Å². The Hall–Kier alpha value is -0.470. The smallest absolute Gasteiger partial charge is 0.0132 e. The Morgan fingerprint density at radius 2 is 2.00 bits per heavy atom. The van der Waals surface area contributed by atoms with Crippen LogP contribution in [0.15, 0.2) is 23.1 Å². The lowest BCUT2D eigenvalue weighted by molar-refractivity contribution is 0.725. The van der Waals surface area contributed by atoms with Gasteiger partial charge in [-0.25, -0.2) is 0 Å². The Kier molecular flexibility index (Phi) is 4.49. The first kappa shape index (κ1) is 11.6. The van der Waals surface area contributed by atoms with E-state index in [1.165, 1.54) is 16.0 Å². The Labute approximate surface area is 91.1 Å². The first-order valence-electron chi connectivity index (χ1n) is 5.09. The molecule has 2 heteroatoms. The van der Waals surface area contributed by atoms with Gasteiger partial charge in [0.05, 0.1) is 0 Å². The molecule has 0 aliphatic carbocycles. The molecule has 2 N–H and O–H groups in total. The van der Waals surface area contributed by atoms with Gasteiger partial charge in [0.2, 0.25) is 0 Å². The van der Waals surface area contributed by atoms with Crippen LogP contribution < -0.4 is 5.73 Å². The van der Waals surface area contributed by atoms with Crippen LogP contribution in [0.1, 0.15) is 24.5 Å². The normalized spacial score (nSPS) is 12.9. The van der Waals surface area contributed by atoms with E-state index in [9.17, 15) is 0 Å². The molecule has 0 aromatic heterocycles. The Bertz CT molecular complexity index is 296. The first-order valence-corrected chi connectivity index (χ1v) is 6.07. The summed E-state index contributed by atoms with van der Waals surface area (Å²) in [5.41, 5.74) is 8.58. The van der Waals surface area contributed by atoms with Crippen LogP contribution in [0.4, 0.5) is 0 Å². The number of hydrogen-bond donors (Lipinski definition) is 1. The lowest BCUT2D eigenvalue weighted by atomic mass is 10.1. The van der Waals surface area contributed by atoms with Crippen LogP contribution in [0.25, 0.3) is 0 Å². The van der Waals surface area contributed by atoms with Crippen molar-refractivity contribution in [3.05, 3.63) is 29.3 Å². The van der Waals surface area contributed by atoms with Gasteiger partial charge in [-0.1, -0.05) is 13.0 Å². The fourth-order valence-electron chi connectivity index (χ4n) is 1.12. The largest absolute Gasteiger partial charge is 0.327 e. The lowest BCUT2D eigenvalue weighted by Crippen LogP contribution is -2.21. The van der Waals surface area contributed by atoms with Gasteiger partial charge in [0.25, 0.3) is 0 Å². The highest BCUT2D eigenvalue weighted by Crippen LogP contribution is 2.21. The molecule has 0 spiro atoms. The molecule has 0 heterocycles. The fraction of sp³-hybridized carbons (Fsp3) is 0.500. The summed E-state index contributed by atoms with van der Waals surface area (Å²) in [5.74, 6) is 1.01. The van der Waals surface area contributed by atoms with Crippen LogP contribution in [-0.2, 0) is 0 Å². The molecule has 1 nitrogen and oxygen atoms in total. The summed E-state index contributed by atoms with van der Waals surface area (Å²) < 4.78 is 0. The molecule has 0 unspecified atom stereocenters. The Balaban J connectivity index is 2.55. The zero-order valence-corrected chi connectivity index (χ0v) is 10.0. The molecule has 0 aliphatic heterocycles. The number of benzene rings is 1. The van der Waals surface area contributed by atoms with Crippen molar-refractivity contribution in [2.45, 2.75) is 38.1 Å². The maximum absolute atomic E-state index is 5.87. The van der Waals surface area contributed by atoms with E-state index in [0.717, 1.165) is 12.2 Å². The van der Waals surface area contributed by atoms with E-state index in [1.807, 2.05) is 11.8 Å². The molecule has 14 heavy (non-hydrogen) atoms. The SMILES string of the molecule is CC[C@H](N)CSc1ccc(C)c(C)c1.